The number of nitrogens with one attached hydrogen (secondary N) is 1. The van der Waals surface area contributed by atoms with Gasteiger partial charge >= 0.3 is 0 Å². The molecule has 322 valence electrons. The van der Waals surface area contributed by atoms with E-state index in [0.29, 0.717) is 49.0 Å². The number of hydrogen-bond acceptors (Lipinski definition) is 9. The Bertz CT molecular complexity index is 1540. The minimum absolute atomic E-state index is 0.0868. The number of nitrogens with zero attached hydrogens (tertiary/aromatic N) is 4. The molecule has 4 amide bonds. The second kappa shape index (κ2) is 18.0. The van der Waals surface area contributed by atoms with Gasteiger partial charge in [0, 0.05) is 50.2 Å². The predicted octanol–water partition coefficient (Wildman–Crippen LogP) is 5.58. The van der Waals surface area contributed by atoms with Gasteiger partial charge in [-0.1, -0.05) is 37.3 Å². The number of fused-ring (bicyclic) bond motifs is 3. The first kappa shape index (κ1) is 41.2. The van der Waals surface area contributed by atoms with E-state index in [-0.39, 0.29) is 48.5 Å². The lowest BCUT2D eigenvalue weighted by Crippen LogP contribution is -2.56. The summed E-state index contributed by atoms with van der Waals surface area (Å²) in [5.41, 5.74) is 3.68. The maximum Gasteiger partial charge on any atom is 0.249 e. The van der Waals surface area contributed by atoms with Crippen LogP contribution in [0.5, 0.6) is 0 Å². The number of ether oxygens (including phenoxy) is 1. The maximum atomic E-state index is 13.6. The van der Waals surface area contributed by atoms with E-state index >= 15 is 0 Å². The molecule has 2 N–H and O–H groups in total. The topological polar surface area (TPSA) is 123 Å². The van der Waals surface area contributed by atoms with Crippen molar-refractivity contribution in [1.82, 2.24) is 24.9 Å². The molecule has 4 saturated carbocycles. The van der Waals surface area contributed by atoms with Crippen LogP contribution in [-0.2, 0) is 23.9 Å². The maximum absolute atomic E-state index is 13.6. The van der Waals surface area contributed by atoms with Crippen LogP contribution in [0.1, 0.15) is 148 Å². The molecule has 9 fully saturated rings. The van der Waals surface area contributed by atoms with E-state index in [1.54, 1.807) is 0 Å². The second-order valence-electron chi connectivity index (χ2n) is 20.2. The van der Waals surface area contributed by atoms with Crippen molar-refractivity contribution in [2.45, 2.75) is 191 Å². The zero-order valence-corrected chi connectivity index (χ0v) is 35.5. The highest BCUT2D eigenvalue weighted by Gasteiger charge is 2.56. The number of imide groups is 2. The number of aliphatic hydroxyl groups excluding tert-OH is 1. The highest BCUT2D eigenvalue weighted by atomic mass is 16.5. The summed E-state index contributed by atoms with van der Waals surface area (Å²) in [5, 5.41) is 12.6. The molecule has 0 aromatic rings. The van der Waals surface area contributed by atoms with E-state index in [2.05, 4.69) is 26.9 Å². The summed E-state index contributed by atoms with van der Waals surface area (Å²) in [6.07, 6.45) is 24.2. The third-order valence-electron chi connectivity index (χ3n) is 17.1. The number of allylic oxidation sites excluding steroid dienone is 2. The number of piperazine rings is 1. The number of hydrogen-bond donors (Lipinski definition) is 2. The van der Waals surface area contributed by atoms with Gasteiger partial charge in [0.1, 0.15) is 6.04 Å². The lowest BCUT2D eigenvalue weighted by atomic mass is 9.68. The molecule has 11 nitrogen and oxygen atoms in total. The van der Waals surface area contributed by atoms with Crippen LogP contribution in [0.4, 0.5) is 0 Å². The Hall–Kier alpha value is -2.18. The van der Waals surface area contributed by atoms with Gasteiger partial charge in [0.2, 0.25) is 23.6 Å². The molecule has 9 rings (SSSR count). The minimum atomic E-state index is -0.841. The number of rotatable bonds is 11. The Kier molecular flexibility index (Phi) is 12.8. The first-order valence-electron chi connectivity index (χ1n) is 24.2. The monoisotopic (exact) mass is 804 g/mol. The molecule has 2 bridgehead atoms. The number of aliphatic hydroxyl groups is 1. The number of piperidine rings is 2. The molecule has 6 atom stereocenters. The molecular formula is C47H73N5O6. The van der Waals surface area contributed by atoms with Crippen molar-refractivity contribution in [3.05, 3.63) is 11.1 Å². The third-order valence-corrected chi connectivity index (χ3v) is 17.1. The number of carbonyl (C=O) groups is 4. The molecule has 0 aromatic carbocycles. The smallest absolute Gasteiger partial charge is 0.249 e. The standard InChI is InChI=1S/C47H73N5O6/c1-2-39(30-6-4-3-5-7-30)44(31-8-13-37(53)14-9-31)32-10-15-38(16-11-32)58-25-24-49-22-20-33(21-23-49)50-28-36-26-35(50)29-51(36)34-12-17-40-41(27-34)47(57)52(46(40)56)42-18-19-43(54)48-45(42)55/h30-38,40-42,53H,2-29H2,1H3,(H,48,54,55)/b44-39-. The Morgan fingerprint density at radius 2 is 1.33 bits per heavy atom. The average Bonchev–Trinajstić information content (AvgIpc) is 3.93. The van der Waals surface area contributed by atoms with Crippen LogP contribution in [0.3, 0.4) is 0 Å². The van der Waals surface area contributed by atoms with Crippen molar-refractivity contribution in [3.63, 3.8) is 0 Å². The van der Waals surface area contributed by atoms with E-state index in [9.17, 15) is 24.3 Å². The molecule has 4 aliphatic carbocycles. The van der Waals surface area contributed by atoms with Gasteiger partial charge in [0.15, 0.2) is 0 Å². The molecule has 58 heavy (non-hydrogen) atoms. The van der Waals surface area contributed by atoms with Gasteiger partial charge in [-0.25, -0.2) is 0 Å². The van der Waals surface area contributed by atoms with Gasteiger partial charge in [-0.05, 0) is 146 Å². The zero-order valence-electron chi connectivity index (χ0n) is 35.5. The Morgan fingerprint density at radius 1 is 0.672 bits per heavy atom. The molecule has 0 spiro atoms. The Morgan fingerprint density at radius 3 is 1.98 bits per heavy atom. The summed E-state index contributed by atoms with van der Waals surface area (Å²) in [7, 11) is 0. The molecule has 9 aliphatic rings. The van der Waals surface area contributed by atoms with Crippen molar-refractivity contribution < 1.29 is 29.0 Å². The Labute approximate surface area is 347 Å². The van der Waals surface area contributed by atoms with Crippen LogP contribution < -0.4 is 5.32 Å². The number of carbonyl (C=O) groups excluding carboxylic acids is 4. The van der Waals surface area contributed by atoms with E-state index in [1.165, 1.54) is 101 Å². The fourth-order valence-corrected chi connectivity index (χ4v) is 14.1. The van der Waals surface area contributed by atoms with Crippen LogP contribution in [0.2, 0.25) is 0 Å². The largest absolute Gasteiger partial charge is 0.393 e. The molecule has 11 heteroatoms. The Balaban J connectivity index is 0.701. The summed E-state index contributed by atoms with van der Waals surface area (Å²) in [6.45, 7) is 8.77. The van der Waals surface area contributed by atoms with Gasteiger partial charge in [0.25, 0.3) is 0 Å². The van der Waals surface area contributed by atoms with Crippen LogP contribution in [0.15, 0.2) is 11.1 Å². The molecule has 5 aliphatic heterocycles. The van der Waals surface area contributed by atoms with Crippen molar-refractivity contribution in [2.24, 2.45) is 29.6 Å². The van der Waals surface area contributed by atoms with Crippen molar-refractivity contribution in [1.29, 1.82) is 0 Å². The number of likely N-dealkylation sites (tertiary alicyclic amines) is 4. The normalized spacial score (nSPS) is 39.3. The van der Waals surface area contributed by atoms with Crippen LogP contribution in [-0.4, -0.2) is 130 Å². The highest BCUT2D eigenvalue weighted by molar-refractivity contribution is 6.10. The van der Waals surface area contributed by atoms with Crippen molar-refractivity contribution in [3.8, 4) is 0 Å². The van der Waals surface area contributed by atoms with E-state index in [0.717, 1.165) is 70.4 Å². The first-order chi connectivity index (χ1) is 28.2. The summed E-state index contributed by atoms with van der Waals surface area (Å²) in [6, 6.07) is 1.22. The van der Waals surface area contributed by atoms with Crippen LogP contribution in [0.25, 0.3) is 0 Å². The third kappa shape index (κ3) is 8.38. The van der Waals surface area contributed by atoms with E-state index in [1.807, 2.05) is 11.1 Å². The minimum Gasteiger partial charge on any atom is -0.393 e. The summed E-state index contributed by atoms with van der Waals surface area (Å²) in [5.74, 6) is 0.328. The average molecular weight is 804 g/mol. The lowest BCUT2D eigenvalue weighted by molar-refractivity contribution is -0.151. The van der Waals surface area contributed by atoms with Crippen molar-refractivity contribution >= 4 is 23.6 Å². The highest BCUT2D eigenvalue weighted by Crippen LogP contribution is 2.47. The summed E-state index contributed by atoms with van der Waals surface area (Å²) >= 11 is 0. The van der Waals surface area contributed by atoms with Gasteiger partial charge in [-0.3, -0.25) is 39.2 Å². The molecule has 0 aromatic heterocycles. The van der Waals surface area contributed by atoms with Crippen LogP contribution in [0, 0.1) is 29.6 Å². The molecular weight excluding hydrogens is 731 g/mol. The van der Waals surface area contributed by atoms with Gasteiger partial charge in [-0.15, -0.1) is 0 Å². The van der Waals surface area contributed by atoms with E-state index in [4.69, 9.17) is 4.74 Å². The molecule has 0 radical (unpaired) electrons. The van der Waals surface area contributed by atoms with E-state index < -0.39 is 11.9 Å². The quantitative estimate of drug-likeness (QED) is 0.204. The van der Waals surface area contributed by atoms with Crippen molar-refractivity contribution in [2.75, 3.05) is 39.3 Å². The van der Waals surface area contributed by atoms with Gasteiger partial charge in [-0.2, -0.15) is 0 Å². The number of amides is 4. The summed E-state index contributed by atoms with van der Waals surface area (Å²) in [4.78, 5) is 60.5. The second-order valence-corrected chi connectivity index (χ2v) is 20.2. The SMILES string of the molecule is CC/C(=C(\C1CCC(O)CC1)C1CCC(OCCN2CCC(N3CC4CC3CN4C3CCC4C(=O)N(C5CCC(=O)NC5=O)C(=O)C4C3)CC2)CC1)C1CCCCC1. The van der Waals surface area contributed by atoms with Gasteiger partial charge in [0.05, 0.1) is 30.7 Å². The fraction of sp³-hybridized carbons (Fsp3) is 0.872. The summed E-state index contributed by atoms with van der Waals surface area (Å²) < 4.78 is 6.62. The first-order valence-corrected chi connectivity index (χ1v) is 24.2. The predicted molar refractivity (Wildman–Crippen MR) is 221 cm³/mol. The lowest BCUT2D eigenvalue weighted by Gasteiger charge is -2.45. The van der Waals surface area contributed by atoms with Crippen LogP contribution >= 0.6 is 0 Å². The molecule has 6 unspecified atom stereocenters. The fourth-order valence-electron chi connectivity index (χ4n) is 14.1. The zero-order chi connectivity index (χ0) is 39.9. The molecule has 5 heterocycles. The molecule has 5 saturated heterocycles. The van der Waals surface area contributed by atoms with Gasteiger partial charge < -0.3 is 14.7 Å².